The molecule has 0 atom stereocenters. The number of hydrogen-bond acceptors (Lipinski definition) is 3. The van der Waals surface area contributed by atoms with Gasteiger partial charge in [-0.05, 0) is 0 Å². The van der Waals surface area contributed by atoms with Crippen molar-refractivity contribution in [2.24, 2.45) is 0 Å². The van der Waals surface area contributed by atoms with Crippen LogP contribution in [0.5, 0.6) is 0 Å². The molecule has 0 aliphatic heterocycles. The molecule has 2 aromatic rings. The fourth-order valence-electron chi connectivity index (χ4n) is 2.45. The van der Waals surface area contributed by atoms with E-state index in [0.29, 0.717) is 38.3 Å². The van der Waals surface area contributed by atoms with Crippen molar-refractivity contribution in [3.05, 3.63) is 77.5 Å². The van der Waals surface area contributed by atoms with E-state index in [9.17, 15) is 9.59 Å². The van der Waals surface area contributed by atoms with Gasteiger partial charge in [-0.2, -0.15) is 0 Å². The fraction of sp³-hybridized carbons (Fsp3) is 0.158. The zero-order chi connectivity index (χ0) is 16.1. The van der Waals surface area contributed by atoms with Crippen LogP contribution in [0.4, 0.5) is 0 Å². The number of carbonyl (C=O) groups excluding carboxylic acids is 2. The van der Waals surface area contributed by atoms with E-state index >= 15 is 0 Å². The van der Waals surface area contributed by atoms with E-state index in [0.717, 1.165) is 11.7 Å². The topological polar surface area (TPSA) is 46.2 Å². The van der Waals surface area contributed by atoms with Crippen molar-refractivity contribution in [3.63, 3.8) is 0 Å². The standard InChI is InChI=1S/C19H17NO2Se/c21-18-13-17(19(22)16-10-5-4-9-15(16)18)20-11-6-12-23-14-7-2-1-3-8-14/h1-5,7-10,13,20H,6,11-12H2. The van der Waals surface area contributed by atoms with E-state index in [-0.39, 0.29) is 11.6 Å². The van der Waals surface area contributed by atoms with Crippen LogP contribution < -0.4 is 9.78 Å². The van der Waals surface area contributed by atoms with Crippen LogP contribution >= 0.6 is 0 Å². The molecular formula is C19H17NO2Se. The number of ketones is 2. The molecule has 4 heteroatoms. The quantitative estimate of drug-likeness (QED) is 0.627. The molecule has 3 rings (SSSR count). The van der Waals surface area contributed by atoms with Gasteiger partial charge in [0, 0.05) is 0 Å². The molecule has 0 aromatic heterocycles. The molecule has 116 valence electrons. The molecule has 3 nitrogen and oxygen atoms in total. The first kappa shape index (κ1) is 15.7. The molecular weight excluding hydrogens is 353 g/mol. The van der Waals surface area contributed by atoms with Crippen LogP contribution in [0.25, 0.3) is 0 Å². The van der Waals surface area contributed by atoms with Crippen molar-refractivity contribution in [3.8, 4) is 0 Å². The molecule has 1 N–H and O–H groups in total. The van der Waals surface area contributed by atoms with Crippen LogP contribution in [-0.4, -0.2) is 33.1 Å². The zero-order valence-electron chi connectivity index (χ0n) is 12.6. The summed E-state index contributed by atoms with van der Waals surface area (Å²) in [6.45, 7) is 0.710. The SMILES string of the molecule is O=C1C=C(NCCC[Se]c2ccccc2)C(=O)c2ccccc21. The van der Waals surface area contributed by atoms with E-state index in [1.807, 2.05) is 6.07 Å². The summed E-state index contributed by atoms with van der Waals surface area (Å²) in [6.07, 6.45) is 2.41. The molecule has 0 saturated carbocycles. The van der Waals surface area contributed by atoms with Gasteiger partial charge in [0.2, 0.25) is 0 Å². The van der Waals surface area contributed by atoms with E-state index in [1.165, 1.54) is 10.5 Å². The number of rotatable bonds is 6. The van der Waals surface area contributed by atoms with Crippen LogP contribution in [0.1, 0.15) is 27.1 Å². The number of fused-ring (bicyclic) bond motifs is 1. The predicted molar refractivity (Wildman–Crippen MR) is 92.4 cm³/mol. The monoisotopic (exact) mass is 371 g/mol. The van der Waals surface area contributed by atoms with Crippen molar-refractivity contribution in [1.29, 1.82) is 0 Å². The Morgan fingerprint density at radius 2 is 1.57 bits per heavy atom. The molecule has 0 unspecified atom stereocenters. The Balaban J connectivity index is 1.51. The molecule has 2 aromatic carbocycles. The molecule has 0 bridgehead atoms. The van der Waals surface area contributed by atoms with Gasteiger partial charge < -0.3 is 0 Å². The van der Waals surface area contributed by atoms with Gasteiger partial charge in [0.05, 0.1) is 0 Å². The van der Waals surface area contributed by atoms with Crippen molar-refractivity contribution in [1.82, 2.24) is 5.32 Å². The second-order valence-electron chi connectivity index (χ2n) is 5.24. The van der Waals surface area contributed by atoms with Crippen molar-refractivity contribution < 1.29 is 9.59 Å². The summed E-state index contributed by atoms with van der Waals surface area (Å²) >= 11 is 0.455. The Morgan fingerprint density at radius 1 is 0.870 bits per heavy atom. The van der Waals surface area contributed by atoms with Crippen LogP contribution in [-0.2, 0) is 0 Å². The van der Waals surface area contributed by atoms with E-state index in [1.54, 1.807) is 24.3 Å². The third-order valence-electron chi connectivity index (χ3n) is 3.61. The molecule has 0 amide bonds. The van der Waals surface area contributed by atoms with Crippen LogP contribution in [0.15, 0.2) is 66.4 Å². The minimum atomic E-state index is -0.101. The maximum atomic E-state index is 12.4. The summed E-state index contributed by atoms with van der Waals surface area (Å²) in [5.41, 5.74) is 1.41. The molecule has 1 aliphatic rings. The van der Waals surface area contributed by atoms with E-state index in [2.05, 4.69) is 29.6 Å². The van der Waals surface area contributed by atoms with Crippen molar-refractivity contribution in [2.45, 2.75) is 11.7 Å². The van der Waals surface area contributed by atoms with Gasteiger partial charge >= 0.3 is 142 Å². The molecule has 0 heterocycles. The molecule has 0 saturated heterocycles. The first-order valence-electron chi connectivity index (χ1n) is 7.57. The van der Waals surface area contributed by atoms with Gasteiger partial charge in [0.1, 0.15) is 0 Å². The Morgan fingerprint density at radius 3 is 2.35 bits per heavy atom. The molecule has 0 fully saturated rings. The van der Waals surface area contributed by atoms with Gasteiger partial charge in [-0.15, -0.1) is 0 Å². The average molecular weight is 370 g/mol. The summed E-state index contributed by atoms with van der Waals surface area (Å²) in [4.78, 5) is 24.4. The number of benzene rings is 2. The third kappa shape index (κ3) is 3.79. The number of carbonyl (C=O) groups is 2. The van der Waals surface area contributed by atoms with E-state index < -0.39 is 0 Å². The Kier molecular flexibility index (Phi) is 5.06. The predicted octanol–water partition coefficient (Wildman–Crippen LogP) is 2.38. The maximum absolute atomic E-state index is 12.4. The Hall–Kier alpha value is -2.16. The van der Waals surface area contributed by atoms with Crippen LogP contribution in [0.3, 0.4) is 0 Å². The summed E-state index contributed by atoms with van der Waals surface area (Å²) < 4.78 is 1.39. The summed E-state index contributed by atoms with van der Waals surface area (Å²) in [7, 11) is 0. The normalized spacial score (nSPS) is 13.5. The second kappa shape index (κ2) is 7.40. The van der Waals surface area contributed by atoms with Gasteiger partial charge in [-0.3, -0.25) is 0 Å². The average Bonchev–Trinajstić information content (AvgIpc) is 2.60. The van der Waals surface area contributed by atoms with Crippen LogP contribution in [0, 0.1) is 0 Å². The van der Waals surface area contributed by atoms with Crippen molar-refractivity contribution in [2.75, 3.05) is 6.54 Å². The van der Waals surface area contributed by atoms with Gasteiger partial charge in [-0.1, -0.05) is 0 Å². The van der Waals surface area contributed by atoms with Gasteiger partial charge in [0.25, 0.3) is 0 Å². The first-order chi connectivity index (χ1) is 11.3. The Bertz CT molecular complexity index is 753. The van der Waals surface area contributed by atoms with Gasteiger partial charge in [-0.25, -0.2) is 0 Å². The summed E-state index contributed by atoms with van der Waals surface area (Å²) in [5, 5.41) is 4.24. The zero-order valence-corrected chi connectivity index (χ0v) is 14.3. The van der Waals surface area contributed by atoms with Crippen LogP contribution in [0.2, 0.25) is 5.32 Å². The summed E-state index contributed by atoms with van der Waals surface area (Å²) in [6, 6.07) is 17.4. The molecule has 0 spiro atoms. The summed E-state index contributed by atoms with van der Waals surface area (Å²) in [5.74, 6) is -0.190. The number of hydrogen-bond donors (Lipinski definition) is 1. The van der Waals surface area contributed by atoms with Crippen molar-refractivity contribution >= 4 is 31.0 Å². The van der Waals surface area contributed by atoms with E-state index in [4.69, 9.17) is 0 Å². The molecule has 1 aliphatic carbocycles. The molecule has 0 radical (unpaired) electrons. The number of allylic oxidation sites excluding steroid dienone is 2. The second-order valence-corrected chi connectivity index (χ2v) is 7.69. The molecule has 23 heavy (non-hydrogen) atoms. The fourth-order valence-corrected chi connectivity index (χ4v) is 4.28. The number of Topliss-reactive ketones (excluding diaryl/α,β-unsaturated/α-hetero) is 1. The minimum absolute atomic E-state index is 0.0891. The van der Waals surface area contributed by atoms with Gasteiger partial charge in [0.15, 0.2) is 0 Å². The number of nitrogens with one attached hydrogen (secondary N) is 1. The first-order valence-corrected chi connectivity index (χ1v) is 9.64. The Labute approximate surface area is 142 Å². The third-order valence-corrected chi connectivity index (χ3v) is 5.91.